The van der Waals surface area contributed by atoms with Gasteiger partial charge in [0.05, 0.1) is 18.5 Å². The lowest BCUT2D eigenvalue weighted by Crippen LogP contribution is -2.38. The number of ether oxygens (including phenoxy) is 2. The number of aromatic nitrogens is 2. The maximum atomic E-state index is 6.21. The van der Waals surface area contributed by atoms with E-state index in [-0.39, 0.29) is 16.5 Å². The third kappa shape index (κ3) is 7.97. The standard InChI is InChI=1S/C30H46N4O2/c1-22-20-34-21-25(35-16-11-14-31-28(2,3)4)19-26(27(34)33-22)30(8,9)23-12-10-13-24(18-23)36-17-15-32-29(5,6)7/h10,12-13,18-21,31-32H,11,14-17H2,1-9H3. The summed E-state index contributed by atoms with van der Waals surface area (Å²) in [5.41, 5.74) is 4.16. The van der Waals surface area contributed by atoms with Crippen LogP contribution in [0.1, 0.15) is 78.6 Å². The zero-order chi connectivity index (χ0) is 26.6. The number of nitrogens with one attached hydrogen (secondary N) is 2. The Hall–Kier alpha value is -2.57. The number of hydrogen-bond donors (Lipinski definition) is 2. The Kier molecular flexibility index (Phi) is 8.73. The molecule has 0 bridgehead atoms. The highest BCUT2D eigenvalue weighted by atomic mass is 16.5. The van der Waals surface area contributed by atoms with Gasteiger partial charge in [-0.25, -0.2) is 4.98 Å². The minimum absolute atomic E-state index is 0.0805. The highest BCUT2D eigenvalue weighted by molar-refractivity contribution is 5.59. The second-order valence-corrected chi connectivity index (χ2v) is 12.3. The number of rotatable bonds is 11. The van der Waals surface area contributed by atoms with Gasteiger partial charge in [0.2, 0.25) is 0 Å². The SMILES string of the molecule is Cc1cn2cc(OCCCNC(C)(C)C)cc(C(C)(C)c3cccc(OCCNC(C)(C)C)c3)c2n1. The van der Waals surface area contributed by atoms with Crippen molar-refractivity contribution in [1.82, 2.24) is 20.0 Å². The third-order valence-corrected chi connectivity index (χ3v) is 6.15. The van der Waals surface area contributed by atoms with Gasteiger partial charge in [-0.05, 0) is 85.2 Å². The van der Waals surface area contributed by atoms with Gasteiger partial charge in [0, 0.05) is 34.8 Å². The molecule has 0 amide bonds. The number of nitrogens with zero attached hydrogens (tertiary/aromatic N) is 2. The summed E-state index contributed by atoms with van der Waals surface area (Å²) < 4.78 is 14.4. The molecule has 198 valence electrons. The molecule has 0 unspecified atom stereocenters. The third-order valence-electron chi connectivity index (χ3n) is 6.15. The van der Waals surface area contributed by atoms with Crippen molar-refractivity contribution in [3.8, 4) is 11.5 Å². The molecule has 0 fully saturated rings. The fourth-order valence-corrected chi connectivity index (χ4v) is 4.18. The first-order chi connectivity index (χ1) is 16.7. The van der Waals surface area contributed by atoms with Crippen LogP contribution < -0.4 is 20.1 Å². The quantitative estimate of drug-likeness (QED) is 0.325. The Morgan fingerprint density at radius 1 is 0.806 bits per heavy atom. The van der Waals surface area contributed by atoms with Crippen LogP contribution in [0.5, 0.6) is 11.5 Å². The maximum absolute atomic E-state index is 6.21. The largest absolute Gasteiger partial charge is 0.492 e. The molecule has 0 aliphatic heterocycles. The topological polar surface area (TPSA) is 59.8 Å². The van der Waals surface area contributed by atoms with Crippen molar-refractivity contribution in [3.05, 3.63) is 59.5 Å². The Morgan fingerprint density at radius 2 is 1.47 bits per heavy atom. The Bertz CT molecular complexity index is 1140. The van der Waals surface area contributed by atoms with Crippen LogP contribution in [0.15, 0.2) is 42.7 Å². The summed E-state index contributed by atoms with van der Waals surface area (Å²) in [5.74, 6) is 1.74. The predicted octanol–water partition coefficient (Wildman–Crippen LogP) is 5.89. The van der Waals surface area contributed by atoms with E-state index < -0.39 is 0 Å². The van der Waals surface area contributed by atoms with E-state index in [9.17, 15) is 0 Å². The highest BCUT2D eigenvalue weighted by Crippen LogP contribution is 2.37. The lowest BCUT2D eigenvalue weighted by atomic mass is 9.78. The van der Waals surface area contributed by atoms with Crippen LogP contribution in [-0.2, 0) is 5.41 Å². The molecule has 3 rings (SSSR count). The van der Waals surface area contributed by atoms with Crippen molar-refractivity contribution in [3.63, 3.8) is 0 Å². The molecule has 3 aromatic rings. The van der Waals surface area contributed by atoms with Gasteiger partial charge in [-0.1, -0.05) is 26.0 Å². The molecule has 36 heavy (non-hydrogen) atoms. The van der Waals surface area contributed by atoms with Crippen LogP contribution in [0.2, 0.25) is 0 Å². The van der Waals surface area contributed by atoms with Crippen molar-refractivity contribution >= 4 is 5.65 Å². The van der Waals surface area contributed by atoms with Gasteiger partial charge in [0.15, 0.2) is 0 Å². The predicted molar refractivity (Wildman–Crippen MR) is 150 cm³/mol. The molecule has 0 saturated carbocycles. The molecule has 0 aliphatic carbocycles. The van der Waals surface area contributed by atoms with Crippen molar-refractivity contribution < 1.29 is 9.47 Å². The second kappa shape index (κ2) is 11.2. The number of hydrogen-bond acceptors (Lipinski definition) is 5. The Balaban J connectivity index is 1.79. The van der Waals surface area contributed by atoms with Crippen LogP contribution in [0.25, 0.3) is 5.65 Å². The van der Waals surface area contributed by atoms with E-state index in [1.165, 1.54) is 5.56 Å². The highest BCUT2D eigenvalue weighted by Gasteiger charge is 2.28. The molecule has 1 aromatic carbocycles. The summed E-state index contributed by atoms with van der Waals surface area (Å²) in [6.45, 7) is 22.5. The Labute approximate surface area is 217 Å². The monoisotopic (exact) mass is 494 g/mol. The van der Waals surface area contributed by atoms with Gasteiger partial charge in [0.1, 0.15) is 23.8 Å². The van der Waals surface area contributed by atoms with Crippen molar-refractivity contribution in [2.45, 2.75) is 85.2 Å². The maximum Gasteiger partial charge on any atom is 0.141 e. The normalized spacial score (nSPS) is 12.8. The molecule has 6 nitrogen and oxygen atoms in total. The average molecular weight is 495 g/mol. The molecule has 2 heterocycles. The first-order valence-electron chi connectivity index (χ1n) is 13.1. The first-order valence-corrected chi connectivity index (χ1v) is 13.1. The van der Waals surface area contributed by atoms with E-state index >= 15 is 0 Å². The second-order valence-electron chi connectivity index (χ2n) is 12.3. The summed E-state index contributed by atoms with van der Waals surface area (Å²) in [6, 6.07) is 10.6. The minimum atomic E-state index is -0.296. The van der Waals surface area contributed by atoms with Crippen LogP contribution >= 0.6 is 0 Å². The van der Waals surface area contributed by atoms with Crippen LogP contribution in [0.4, 0.5) is 0 Å². The number of fused-ring (bicyclic) bond motifs is 1. The lowest BCUT2D eigenvalue weighted by Gasteiger charge is -2.27. The molecule has 0 aliphatic rings. The van der Waals surface area contributed by atoms with Crippen LogP contribution in [-0.4, -0.2) is 46.8 Å². The molecule has 0 saturated heterocycles. The van der Waals surface area contributed by atoms with E-state index in [1.807, 2.05) is 19.2 Å². The molecule has 2 aromatic heterocycles. The van der Waals surface area contributed by atoms with E-state index in [2.05, 4.69) is 101 Å². The molecular formula is C30H46N4O2. The van der Waals surface area contributed by atoms with E-state index in [0.717, 1.165) is 47.9 Å². The number of pyridine rings is 1. The first kappa shape index (κ1) is 28.0. The summed E-state index contributed by atoms with van der Waals surface area (Å²) in [5, 5.41) is 6.99. The van der Waals surface area contributed by atoms with Gasteiger partial charge in [-0.15, -0.1) is 0 Å². The van der Waals surface area contributed by atoms with Gasteiger partial charge < -0.3 is 24.5 Å². The minimum Gasteiger partial charge on any atom is -0.492 e. The van der Waals surface area contributed by atoms with Crippen molar-refractivity contribution in [1.29, 1.82) is 0 Å². The van der Waals surface area contributed by atoms with E-state index in [0.29, 0.717) is 13.2 Å². The molecule has 2 N–H and O–H groups in total. The average Bonchev–Trinajstić information content (AvgIpc) is 3.14. The lowest BCUT2D eigenvalue weighted by molar-refractivity contribution is 0.290. The van der Waals surface area contributed by atoms with Crippen LogP contribution in [0.3, 0.4) is 0 Å². The van der Waals surface area contributed by atoms with E-state index in [1.54, 1.807) is 0 Å². The van der Waals surface area contributed by atoms with Crippen LogP contribution in [0, 0.1) is 6.92 Å². The fourth-order valence-electron chi connectivity index (χ4n) is 4.18. The molecule has 0 spiro atoms. The van der Waals surface area contributed by atoms with E-state index in [4.69, 9.17) is 14.5 Å². The number of aryl methyl sites for hydroxylation is 1. The van der Waals surface area contributed by atoms with Gasteiger partial charge >= 0.3 is 0 Å². The summed E-state index contributed by atoms with van der Waals surface area (Å²) >= 11 is 0. The molecule has 6 heteroatoms. The molecule has 0 radical (unpaired) electrons. The summed E-state index contributed by atoms with van der Waals surface area (Å²) in [7, 11) is 0. The van der Waals surface area contributed by atoms with Gasteiger partial charge in [0.25, 0.3) is 0 Å². The number of benzene rings is 1. The smallest absolute Gasteiger partial charge is 0.141 e. The summed E-state index contributed by atoms with van der Waals surface area (Å²) in [6.07, 6.45) is 5.04. The number of imidazole rings is 1. The fraction of sp³-hybridized carbons (Fsp3) is 0.567. The summed E-state index contributed by atoms with van der Waals surface area (Å²) in [4.78, 5) is 4.85. The van der Waals surface area contributed by atoms with Crippen molar-refractivity contribution in [2.24, 2.45) is 0 Å². The van der Waals surface area contributed by atoms with Gasteiger partial charge in [-0.3, -0.25) is 0 Å². The Morgan fingerprint density at radius 3 is 2.17 bits per heavy atom. The zero-order valence-corrected chi connectivity index (χ0v) is 23.8. The zero-order valence-electron chi connectivity index (χ0n) is 23.8. The molecular weight excluding hydrogens is 448 g/mol. The van der Waals surface area contributed by atoms with Gasteiger partial charge in [-0.2, -0.15) is 0 Å². The van der Waals surface area contributed by atoms with Crippen molar-refractivity contribution in [2.75, 3.05) is 26.3 Å². The molecule has 0 atom stereocenters.